The Hall–Kier alpha value is -1.49. The van der Waals surface area contributed by atoms with E-state index in [9.17, 15) is 9.90 Å². The van der Waals surface area contributed by atoms with E-state index < -0.39 is 0 Å². The second kappa shape index (κ2) is 6.52. The zero-order valence-corrected chi connectivity index (χ0v) is 12.3. The summed E-state index contributed by atoms with van der Waals surface area (Å²) in [4.78, 5) is 20.9. The fourth-order valence-corrected chi connectivity index (χ4v) is 3.45. The van der Waals surface area contributed by atoms with E-state index in [0.717, 1.165) is 37.9 Å². The average Bonchev–Trinajstić information content (AvgIpc) is 3.16. The number of carbonyl (C=O) groups excluding carboxylic acids is 1. The highest BCUT2D eigenvalue weighted by Crippen LogP contribution is 2.31. The molecule has 3 rings (SSSR count). The maximum atomic E-state index is 12.2. The number of aliphatic hydroxyl groups is 1. The van der Waals surface area contributed by atoms with Gasteiger partial charge in [0.25, 0.3) is 5.91 Å². The van der Waals surface area contributed by atoms with E-state index in [1.807, 2.05) is 0 Å². The van der Waals surface area contributed by atoms with Gasteiger partial charge in [-0.3, -0.25) is 4.79 Å². The molecule has 0 radical (unpaired) electrons. The molecule has 0 aromatic carbocycles. The van der Waals surface area contributed by atoms with Gasteiger partial charge in [-0.05, 0) is 31.7 Å². The first-order chi connectivity index (χ1) is 10.2. The third-order valence-electron chi connectivity index (χ3n) is 4.77. The molecule has 2 fully saturated rings. The van der Waals surface area contributed by atoms with Crippen LogP contribution in [0.4, 0.5) is 0 Å². The van der Waals surface area contributed by atoms with Crippen molar-refractivity contribution in [1.29, 1.82) is 0 Å². The molecule has 2 saturated carbocycles. The summed E-state index contributed by atoms with van der Waals surface area (Å²) in [6, 6.07) is 1.67. The Balaban J connectivity index is 1.60. The topological polar surface area (TPSA) is 75.1 Å². The number of aliphatic hydroxyl groups excluding tert-OH is 1. The van der Waals surface area contributed by atoms with E-state index >= 15 is 0 Å². The van der Waals surface area contributed by atoms with Crippen molar-refractivity contribution in [2.75, 3.05) is 6.54 Å². The molecule has 1 amide bonds. The van der Waals surface area contributed by atoms with Gasteiger partial charge < -0.3 is 10.4 Å². The van der Waals surface area contributed by atoms with Gasteiger partial charge in [-0.15, -0.1) is 0 Å². The van der Waals surface area contributed by atoms with Gasteiger partial charge in [-0.25, -0.2) is 9.97 Å². The maximum absolute atomic E-state index is 12.2. The van der Waals surface area contributed by atoms with Crippen LogP contribution in [-0.4, -0.2) is 33.6 Å². The summed E-state index contributed by atoms with van der Waals surface area (Å²) in [6.07, 6.45) is 8.98. The summed E-state index contributed by atoms with van der Waals surface area (Å²) < 4.78 is 0. The first kappa shape index (κ1) is 14.4. The number of rotatable bonds is 4. The van der Waals surface area contributed by atoms with Crippen LogP contribution in [0.3, 0.4) is 0 Å². The van der Waals surface area contributed by atoms with Crippen LogP contribution in [0, 0.1) is 5.92 Å². The SMILES string of the molecule is O=C(NCC1CCCC1O)c1ccnc(C2CCCC2)n1. The van der Waals surface area contributed by atoms with Gasteiger partial charge in [0.05, 0.1) is 6.10 Å². The van der Waals surface area contributed by atoms with E-state index in [1.54, 1.807) is 12.3 Å². The molecule has 2 atom stereocenters. The molecule has 114 valence electrons. The minimum absolute atomic E-state index is 0.157. The van der Waals surface area contributed by atoms with Gasteiger partial charge in [0.2, 0.25) is 0 Å². The largest absolute Gasteiger partial charge is 0.393 e. The van der Waals surface area contributed by atoms with Crippen molar-refractivity contribution >= 4 is 5.91 Å². The molecule has 5 nitrogen and oxygen atoms in total. The number of hydrogen-bond acceptors (Lipinski definition) is 4. The van der Waals surface area contributed by atoms with Gasteiger partial charge in [0, 0.05) is 24.6 Å². The summed E-state index contributed by atoms with van der Waals surface area (Å²) in [5.41, 5.74) is 0.444. The van der Waals surface area contributed by atoms with E-state index in [0.29, 0.717) is 18.2 Å². The third-order valence-corrected chi connectivity index (χ3v) is 4.77. The molecule has 1 aromatic rings. The minimum atomic E-state index is -0.273. The molecule has 21 heavy (non-hydrogen) atoms. The molecule has 1 aromatic heterocycles. The average molecular weight is 289 g/mol. The van der Waals surface area contributed by atoms with Crippen molar-refractivity contribution in [2.24, 2.45) is 5.92 Å². The van der Waals surface area contributed by atoms with Gasteiger partial charge in [-0.2, -0.15) is 0 Å². The number of nitrogens with one attached hydrogen (secondary N) is 1. The molecular weight excluding hydrogens is 266 g/mol. The second-order valence-corrected chi connectivity index (χ2v) is 6.25. The van der Waals surface area contributed by atoms with Crippen LogP contribution in [0.15, 0.2) is 12.3 Å². The predicted molar refractivity (Wildman–Crippen MR) is 78.9 cm³/mol. The monoisotopic (exact) mass is 289 g/mol. The van der Waals surface area contributed by atoms with Crippen molar-refractivity contribution in [3.63, 3.8) is 0 Å². The number of nitrogens with zero attached hydrogens (tertiary/aromatic N) is 2. The molecule has 0 bridgehead atoms. The quantitative estimate of drug-likeness (QED) is 0.889. The zero-order chi connectivity index (χ0) is 14.7. The Kier molecular flexibility index (Phi) is 4.48. The minimum Gasteiger partial charge on any atom is -0.393 e. The molecule has 1 heterocycles. The highest BCUT2D eigenvalue weighted by Gasteiger charge is 2.26. The van der Waals surface area contributed by atoms with Crippen molar-refractivity contribution in [1.82, 2.24) is 15.3 Å². The smallest absolute Gasteiger partial charge is 0.270 e. The van der Waals surface area contributed by atoms with Crippen molar-refractivity contribution in [2.45, 2.75) is 57.0 Å². The van der Waals surface area contributed by atoms with Crippen molar-refractivity contribution in [3.8, 4) is 0 Å². The lowest BCUT2D eigenvalue weighted by Crippen LogP contribution is -2.33. The van der Waals surface area contributed by atoms with E-state index in [4.69, 9.17) is 0 Å². The Bertz CT molecular complexity index is 500. The van der Waals surface area contributed by atoms with Crippen molar-refractivity contribution in [3.05, 3.63) is 23.8 Å². The standard InChI is InChI=1S/C16H23N3O2/c20-14-7-3-6-12(14)10-18-16(21)13-8-9-17-15(19-13)11-4-1-2-5-11/h8-9,11-12,14,20H,1-7,10H2,(H,18,21). The third kappa shape index (κ3) is 3.40. The lowest BCUT2D eigenvalue weighted by atomic mass is 10.1. The number of hydrogen-bond donors (Lipinski definition) is 2. The first-order valence-electron chi connectivity index (χ1n) is 8.03. The summed E-state index contributed by atoms with van der Waals surface area (Å²) >= 11 is 0. The van der Waals surface area contributed by atoms with Gasteiger partial charge in [0.1, 0.15) is 11.5 Å². The zero-order valence-electron chi connectivity index (χ0n) is 12.3. The molecule has 2 unspecified atom stereocenters. The lowest BCUT2D eigenvalue weighted by Gasteiger charge is -2.15. The number of aromatic nitrogens is 2. The Morgan fingerprint density at radius 1 is 1.24 bits per heavy atom. The van der Waals surface area contributed by atoms with Crippen LogP contribution in [0.1, 0.15) is 67.2 Å². The Morgan fingerprint density at radius 2 is 2.05 bits per heavy atom. The summed E-state index contributed by atoms with van der Waals surface area (Å²) in [7, 11) is 0. The fraction of sp³-hybridized carbons (Fsp3) is 0.688. The van der Waals surface area contributed by atoms with Gasteiger partial charge in [0.15, 0.2) is 0 Å². The lowest BCUT2D eigenvalue weighted by molar-refractivity contribution is 0.0911. The first-order valence-corrected chi connectivity index (χ1v) is 8.03. The molecular formula is C16H23N3O2. The number of carbonyl (C=O) groups is 1. The molecule has 2 N–H and O–H groups in total. The fourth-order valence-electron chi connectivity index (χ4n) is 3.45. The molecule has 0 saturated heterocycles. The highest BCUT2D eigenvalue weighted by molar-refractivity contribution is 5.92. The van der Waals surface area contributed by atoms with E-state index in [2.05, 4.69) is 15.3 Å². The van der Waals surface area contributed by atoms with Crippen LogP contribution < -0.4 is 5.32 Å². The van der Waals surface area contributed by atoms with Gasteiger partial charge >= 0.3 is 0 Å². The van der Waals surface area contributed by atoms with Crippen LogP contribution >= 0.6 is 0 Å². The summed E-state index contributed by atoms with van der Waals surface area (Å²) in [5.74, 6) is 1.25. The molecule has 5 heteroatoms. The summed E-state index contributed by atoms with van der Waals surface area (Å²) in [5, 5.41) is 12.7. The van der Waals surface area contributed by atoms with Crippen LogP contribution in [0.2, 0.25) is 0 Å². The molecule has 2 aliphatic carbocycles. The maximum Gasteiger partial charge on any atom is 0.270 e. The highest BCUT2D eigenvalue weighted by atomic mass is 16.3. The summed E-state index contributed by atoms with van der Waals surface area (Å²) in [6.45, 7) is 0.531. The predicted octanol–water partition coefficient (Wildman–Crippen LogP) is 2.02. The van der Waals surface area contributed by atoms with Crippen molar-refractivity contribution < 1.29 is 9.90 Å². The Morgan fingerprint density at radius 3 is 2.76 bits per heavy atom. The Labute approximate surface area is 125 Å². The van der Waals surface area contributed by atoms with Gasteiger partial charge in [-0.1, -0.05) is 19.3 Å². The number of amides is 1. The van der Waals surface area contributed by atoms with Crippen LogP contribution in [0.5, 0.6) is 0 Å². The second-order valence-electron chi connectivity index (χ2n) is 6.25. The molecule has 2 aliphatic rings. The van der Waals surface area contributed by atoms with Crippen LogP contribution in [0.25, 0.3) is 0 Å². The molecule has 0 spiro atoms. The van der Waals surface area contributed by atoms with E-state index in [-0.39, 0.29) is 17.9 Å². The van der Waals surface area contributed by atoms with Crippen LogP contribution in [-0.2, 0) is 0 Å². The molecule has 0 aliphatic heterocycles. The normalized spacial score (nSPS) is 26.1. The van der Waals surface area contributed by atoms with E-state index in [1.165, 1.54) is 12.8 Å².